The van der Waals surface area contributed by atoms with Crippen LogP contribution in [-0.2, 0) is 21.2 Å². The summed E-state index contributed by atoms with van der Waals surface area (Å²) in [5.41, 5.74) is 1.46. The van der Waals surface area contributed by atoms with Gasteiger partial charge in [0, 0.05) is 10.2 Å². The van der Waals surface area contributed by atoms with Gasteiger partial charge in [-0.2, -0.15) is 4.72 Å². The second-order valence-electron chi connectivity index (χ2n) is 6.17. The van der Waals surface area contributed by atoms with Crippen molar-refractivity contribution in [1.29, 1.82) is 0 Å². The van der Waals surface area contributed by atoms with E-state index in [1.807, 2.05) is 36.4 Å². The molecule has 0 unspecified atom stereocenters. The van der Waals surface area contributed by atoms with Gasteiger partial charge in [0.15, 0.2) is 0 Å². The van der Waals surface area contributed by atoms with Gasteiger partial charge in [0.25, 0.3) is 0 Å². The Morgan fingerprint density at radius 3 is 2.04 bits per heavy atom. The number of sulfonamides is 1. The molecule has 1 amide bonds. The molecule has 0 bridgehead atoms. The minimum absolute atomic E-state index is 0.0984. The minimum Gasteiger partial charge on any atom is -0.325 e. The number of nitrogens with one attached hydrogen (secondary N) is 2. The summed E-state index contributed by atoms with van der Waals surface area (Å²) < 4.78 is 28.9. The summed E-state index contributed by atoms with van der Waals surface area (Å²) in [5.74, 6) is -0.421. The lowest BCUT2D eigenvalue weighted by atomic mass is 10.1. The molecule has 1 atom stereocenters. The van der Waals surface area contributed by atoms with Crippen LogP contribution in [0.1, 0.15) is 5.56 Å². The van der Waals surface area contributed by atoms with Gasteiger partial charge in [-0.05, 0) is 48.4 Å². The lowest BCUT2D eigenvalue weighted by Gasteiger charge is -2.19. The van der Waals surface area contributed by atoms with Crippen molar-refractivity contribution in [3.05, 3.63) is 95.0 Å². The van der Waals surface area contributed by atoms with Crippen LogP contribution in [0.25, 0.3) is 0 Å². The van der Waals surface area contributed by atoms with Gasteiger partial charge in [-0.15, -0.1) is 0 Å². The van der Waals surface area contributed by atoms with E-state index in [0.29, 0.717) is 5.69 Å². The quantitative estimate of drug-likeness (QED) is 0.562. The topological polar surface area (TPSA) is 75.3 Å². The zero-order valence-corrected chi connectivity index (χ0v) is 17.3. The van der Waals surface area contributed by atoms with E-state index in [2.05, 4.69) is 26.0 Å². The average molecular weight is 459 g/mol. The van der Waals surface area contributed by atoms with Crippen LogP contribution >= 0.6 is 15.9 Å². The van der Waals surface area contributed by atoms with Crippen LogP contribution < -0.4 is 10.0 Å². The molecule has 0 aliphatic heterocycles. The fraction of sp³-hybridized carbons (Fsp3) is 0.0952. The largest absolute Gasteiger partial charge is 0.325 e. The van der Waals surface area contributed by atoms with Gasteiger partial charge in [0.05, 0.1) is 4.90 Å². The summed E-state index contributed by atoms with van der Waals surface area (Å²) >= 11 is 3.29. The molecule has 0 aliphatic carbocycles. The standard InChI is InChI=1S/C21H19BrN2O3S/c22-17-11-13-19(14-12-17)28(26,27)24-20(15-16-7-3-1-4-8-16)21(25)23-18-9-5-2-6-10-18/h1-14,20,24H,15H2,(H,23,25)/t20-/m1/s1. The number of benzene rings is 3. The number of anilines is 1. The molecule has 0 saturated carbocycles. The Balaban J connectivity index is 1.84. The maximum atomic E-state index is 12.8. The van der Waals surface area contributed by atoms with E-state index in [9.17, 15) is 13.2 Å². The van der Waals surface area contributed by atoms with Crippen LogP contribution in [0, 0.1) is 0 Å². The number of carbonyl (C=O) groups is 1. The van der Waals surface area contributed by atoms with Crippen molar-refractivity contribution in [3.8, 4) is 0 Å². The van der Waals surface area contributed by atoms with Gasteiger partial charge >= 0.3 is 0 Å². The molecule has 3 aromatic carbocycles. The number of amides is 1. The molecule has 0 aliphatic rings. The predicted octanol–water partition coefficient (Wildman–Crippen LogP) is 3.98. The highest BCUT2D eigenvalue weighted by Gasteiger charge is 2.26. The molecule has 0 radical (unpaired) electrons. The van der Waals surface area contributed by atoms with Crippen molar-refractivity contribution in [2.24, 2.45) is 0 Å². The maximum Gasteiger partial charge on any atom is 0.242 e. The molecule has 3 aromatic rings. The van der Waals surface area contributed by atoms with Crippen molar-refractivity contribution < 1.29 is 13.2 Å². The molecule has 5 nitrogen and oxygen atoms in total. The normalized spacial score (nSPS) is 12.3. The van der Waals surface area contributed by atoms with E-state index in [4.69, 9.17) is 0 Å². The lowest BCUT2D eigenvalue weighted by Crippen LogP contribution is -2.45. The highest BCUT2D eigenvalue weighted by atomic mass is 79.9. The highest BCUT2D eigenvalue weighted by molar-refractivity contribution is 9.10. The first kappa shape index (κ1) is 20.3. The first-order valence-corrected chi connectivity index (χ1v) is 10.9. The van der Waals surface area contributed by atoms with E-state index in [-0.39, 0.29) is 11.3 Å². The number of halogens is 1. The van der Waals surface area contributed by atoms with Crippen molar-refractivity contribution in [3.63, 3.8) is 0 Å². The lowest BCUT2D eigenvalue weighted by molar-refractivity contribution is -0.117. The summed E-state index contributed by atoms with van der Waals surface area (Å²) in [6, 6.07) is 23.5. The van der Waals surface area contributed by atoms with Crippen LogP contribution in [0.15, 0.2) is 94.3 Å². The fourth-order valence-electron chi connectivity index (χ4n) is 2.66. The van der Waals surface area contributed by atoms with Crippen LogP contribution in [0.4, 0.5) is 5.69 Å². The minimum atomic E-state index is -3.87. The van der Waals surface area contributed by atoms with E-state index in [1.165, 1.54) is 12.1 Å². The first-order valence-electron chi connectivity index (χ1n) is 8.62. The third kappa shape index (κ3) is 5.51. The molecule has 0 spiro atoms. The number of hydrogen-bond acceptors (Lipinski definition) is 3. The molecule has 2 N–H and O–H groups in total. The number of para-hydroxylation sites is 1. The van der Waals surface area contributed by atoms with E-state index >= 15 is 0 Å². The first-order chi connectivity index (χ1) is 13.4. The number of rotatable bonds is 7. The highest BCUT2D eigenvalue weighted by Crippen LogP contribution is 2.16. The molecule has 7 heteroatoms. The average Bonchev–Trinajstić information content (AvgIpc) is 2.69. The third-order valence-electron chi connectivity index (χ3n) is 4.06. The molecule has 144 valence electrons. The smallest absolute Gasteiger partial charge is 0.242 e. The molecular weight excluding hydrogens is 440 g/mol. The van der Waals surface area contributed by atoms with Crippen molar-refractivity contribution >= 4 is 37.5 Å². The van der Waals surface area contributed by atoms with E-state index in [1.54, 1.807) is 36.4 Å². The molecule has 0 saturated heterocycles. The molecular formula is C21H19BrN2O3S. The Labute approximate surface area is 173 Å². The van der Waals surface area contributed by atoms with Gasteiger partial charge in [-0.3, -0.25) is 4.79 Å². The second kappa shape index (κ2) is 9.14. The zero-order valence-electron chi connectivity index (χ0n) is 14.9. The van der Waals surface area contributed by atoms with Gasteiger partial charge in [0.1, 0.15) is 6.04 Å². The Morgan fingerprint density at radius 2 is 1.43 bits per heavy atom. The third-order valence-corrected chi connectivity index (χ3v) is 6.08. The summed E-state index contributed by atoms with van der Waals surface area (Å²) in [6.45, 7) is 0. The van der Waals surface area contributed by atoms with Crippen LogP contribution in [-0.4, -0.2) is 20.4 Å². The molecule has 0 heterocycles. The summed E-state index contributed by atoms with van der Waals surface area (Å²) in [6.07, 6.45) is 0.231. The van der Waals surface area contributed by atoms with Crippen LogP contribution in [0.2, 0.25) is 0 Å². The van der Waals surface area contributed by atoms with Gasteiger partial charge in [0.2, 0.25) is 15.9 Å². The number of carbonyl (C=O) groups excluding carboxylic acids is 1. The number of hydrogen-bond donors (Lipinski definition) is 2. The van der Waals surface area contributed by atoms with Crippen LogP contribution in [0.5, 0.6) is 0 Å². The summed E-state index contributed by atoms with van der Waals surface area (Å²) in [5, 5.41) is 2.77. The predicted molar refractivity (Wildman–Crippen MR) is 113 cm³/mol. The van der Waals surface area contributed by atoms with Gasteiger partial charge in [-0.25, -0.2) is 8.42 Å². The monoisotopic (exact) mass is 458 g/mol. The molecule has 0 aromatic heterocycles. The van der Waals surface area contributed by atoms with Gasteiger partial charge < -0.3 is 5.32 Å². The van der Waals surface area contributed by atoms with E-state index < -0.39 is 22.0 Å². The Kier molecular flexibility index (Phi) is 6.61. The second-order valence-corrected chi connectivity index (χ2v) is 8.80. The Bertz CT molecular complexity index is 1020. The Hall–Kier alpha value is -2.48. The summed E-state index contributed by atoms with van der Waals surface area (Å²) in [4.78, 5) is 12.9. The molecule has 3 rings (SSSR count). The van der Waals surface area contributed by atoms with Gasteiger partial charge in [-0.1, -0.05) is 64.5 Å². The molecule has 28 heavy (non-hydrogen) atoms. The fourth-order valence-corrected chi connectivity index (χ4v) is 4.12. The maximum absolute atomic E-state index is 12.8. The summed E-state index contributed by atoms with van der Waals surface area (Å²) in [7, 11) is -3.87. The SMILES string of the molecule is O=C(Nc1ccccc1)[C@@H](Cc1ccccc1)NS(=O)(=O)c1ccc(Br)cc1. The van der Waals surface area contributed by atoms with Crippen molar-refractivity contribution in [1.82, 2.24) is 4.72 Å². The van der Waals surface area contributed by atoms with Crippen molar-refractivity contribution in [2.45, 2.75) is 17.4 Å². The van der Waals surface area contributed by atoms with Crippen molar-refractivity contribution in [2.75, 3.05) is 5.32 Å². The van der Waals surface area contributed by atoms with Crippen LogP contribution in [0.3, 0.4) is 0 Å². The van der Waals surface area contributed by atoms with E-state index in [0.717, 1.165) is 10.0 Å². The zero-order chi connectivity index (χ0) is 20.0. The Morgan fingerprint density at radius 1 is 0.857 bits per heavy atom. The molecule has 0 fully saturated rings.